The zero-order valence-corrected chi connectivity index (χ0v) is 15.4. The molecular weight excluding hydrogens is 328 g/mol. The summed E-state index contributed by atoms with van der Waals surface area (Å²) >= 11 is 6.04. The van der Waals surface area contributed by atoms with Gasteiger partial charge in [-0.1, -0.05) is 31.5 Å². The van der Waals surface area contributed by atoms with Gasteiger partial charge in [-0.3, -0.25) is 0 Å². The number of hydrogen-bond acceptors (Lipinski definition) is 3. The molecule has 0 aromatic heterocycles. The topological polar surface area (TPSA) is 51.9 Å². The van der Waals surface area contributed by atoms with E-state index in [1.807, 2.05) is 34.6 Å². The lowest BCUT2D eigenvalue weighted by molar-refractivity contribution is -0.0569. The summed E-state index contributed by atoms with van der Waals surface area (Å²) in [6.45, 7) is 16.6. The van der Waals surface area contributed by atoms with Gasteiger partial charge in [0.25, 0.3) is 0 Å². The average molecular weight is 351 g/mol. The van der Waals surface area contributed by atoms with Crippen LogP contribution >= 0.6 is 11.6 Å². The number of hydrogen-bond donors (Lipinski definition) is 1. The number of rotatable bonds is 3. The van der Waals surface area contributed by atoms with E-state index in [0.29, 0.717) is 22.9 Å². The van der Waals surface area contributed by atoms with Crippen molar-refractivity contribution < 1.29 is 14.3 Å². The second-order valence-electron chi connectivity index (χ2n) is 7.59. The number of nitrogens with zero attached hydrogens (tertiary/aromatic N) is 1. The molecule has 0 bridgehead atoms. The quantitative estimate of drug-likeness (QED) is 0.784. The van der Waals surface area contributed by atoms with Crippen LogP contribution in [0.1, 0.15) is 41.0 Å². The molecular formula is C18H23ClN2O3. The number of ether oxygens (including phenoxy) is 2. The van der Waals surface area contributed by atoms with Crippen molar-refractivity contribution in [3.8, 4) is 5.75 Å². The molecule has 1 N–H and O–H groups in total. The minimum absolute atomic E-state index is 0.0182. The SMILES string of the molecule is [C-]#[N+]c1ccc(O[C@H]2C[C@@H](NC(=O)OC(C)(C)C)C2(C)C)cc1Cl. The highest BCUT2D eigenvalue weighted by molar-refractivity contribution is 6.33. The molecule has 0 aliphatic heterocycles. The molecule has 1 aromatic rings. The standard InChI is InChI=1S/C18H23ClN2O3/c1-17(2,3)24-16(22)21-14-10-15(18(14,4)5)23-11-7-8-13(20-6)12(19)9-11/h7-9,14-15H,10H2,1-5H3,(H,21,22)/t14-,15+/m1/s1. The average Bonchev–Trinajstić information content (AvgIpc) is 2.44. The zero-order valence-electron chi connectivity index (χ0n) is 14.6. The van der Waals surface area contributed by atoms with Crippen LogP contribution in [0.2, 0.25) is 5.02 Å². The van der Waals surface area contributed by atoms with E-state index in [0.717, 1.165) is 0 Å². The van der Waals surface area contributed by atoms with Crippen LogP contribution in [0.3, 0.4) is 0 Å². The van der Waals surface area contributed by atoms with Gasteiger partial charge in [0, 0.05) is 17.9 Å². The van der Waals surface area contributed by atoms with Crippen molar-refractivity contribution in [3.05, 3.63) is 34.6 Å². The van der Waals surface area contributed by atoms with Gasteiger partial charge < -0.3 is 14.8 Å². The third kappa shape index (κ3) is 4.12. The molecule has 1 fully saturated rings. The maximum absolute atomic E-state index is 11.9. The van der Waals surface area contributed by atoms with Gasteiger partial charge in [0.15, 0.2) is 0 Å². The van der Waals surface area contributed by atoms with Crippen LogP contribution in [0.25, 0.3) is 4.85 Å². The lowest BCUT2D eigenvalue weighted by Crippen LogP contribution is -2.63. The van der Waals surface area contributed by atoms with Gasteiger partial charge in [0.05, 0.1) is 11.6 Å². The van der Waals surface area contributed by atoms with Crippen molar-refractivity contribution in [1.82, 2.24) is 5.32 Å². The first kappa shape index (κ1) is 18.4. The smallest absolute Gasteiger partial charge is 0.407 e. The number of halogens is 1. The molecule has 0 spiro atoms. The van der Waals surface area contributed by atoms with E-state index in [1.54, 1.807) is 18.2 Å². The van der Waals surface area contributed by atoms with Crippen LogP contribution in [0, 0.1) is 12.0 Å². The summed E-state index contributed by atoms with van der Waals surface area (Å²) < 4.78 is 11.3. The van der Waals surface area contributed by atoms with Crippen LogP contribution in [0.5, 0.6) is 5.75 Å². The molecule has 0 radical (unpaired) electrons. The second-order valence-corrected chi connectivity index (χ2v) is 7.99. The molecule has 5 nitrogen and oxygen atoms in total. The first-order valence-corrected chi connectivity index (χ1v) is 8.24. The fraction of sp³-hybridized carbons (Fsp3) is 0.556. The van der Waals surface area contributed by atoms with Crippen LogP contribution in [-0.4, -0.2) is 23.8 Å². The van der Waals surface area contributed by atoms with E-state index >= 15 is 0 Å². The molecule has 1 saturated carbocycles. The van der Waals surface area contributed by atoms with Crippen molar-refractivity contribution in [3.63, 3.8) is 0 Å². The zero-order chi connectivity index (χ0) is 18.1. The Morgan fingerprint density at radius 2 is 2.08 bits per heavy atom. The summed E-state index contributed by atoms with van der Waals surface area (Å²) in [6, 6.07) is 5.02. The molecule has 0 heterocycles. The predicted molar refractivity (Wildman–Crippen MR) is 93.7 cm³/mol. The molecule has 1 aromatic carbocycles. The minimum atomic E-state index is -0.519. The largest absolute Gasteiger partial charge is 0.490 e. The van der Waals surface area contributed by atoms with Crippen molar-refractivity contribution >= 4 is 23.4 Å². The molecule has 24 heavy (non-hydrogen) atoms. The third-order valence-electron chi connectivity index (χ3n) is 4.19. The van der Waals surface area contributed by atoms with E-state index in [2.05, 4.69) is 10.2 Å². The Morgan fingerprint density at radius 1 is 1.42 bits per heavy atom. The fourth-order valence-corrected chi connectivity index (χ4v) is 2.81. The summed E-state index contributed by atoms with van der Waals surface area (Å²) in [5.41, 5.74) is -0.349. The van der Waals surface area contributed by atoms with Crippen LogP contribution < -0.4 is 10.1 Å². The predicted octanol–water partition coefficient (Wildman–Crippen LogP) is 4.96. The van der Waals surface area contributed by atoms with Crippen LogP contribution in [0.15, 0.2) is 18.2 Å². The first-order chi connectivity index (χ1) is 11.0. The highest BCUT2D eigenvalue weighted by atomic mass is 35.5. The van der Waals surface area contributed by atoms with Crippen molar-refractivity contribution in [2.75, 3.05) is 0 Å². The number of benzene rings is 1. The number of amides is 1. The Kier molecular flexibility index (Phi) is 5.00. The molecule has 130 valence electrons. The second kappa shape index (κ2) is 6.52. The Balaban J connectivity index is 1.95. The molecule has 6 heteroatoms. The Bertz CT molecular complexity index is 674. The van der Waals surface area contributed by atoms with Gasteiger partial charge in [-0.15, -0.1) is 0 Å². The van der Waals surface area contributed by atoms with Gasteiger partial charge in [0.2, 0.25) is 5.69 Å². The normalized spacial score (nSPS) is 22.0. The molecule has 0 saturated heterocycles. The summed E-state index contributed by atoms with van der Waals surface area (Å²) in [6.07, 6.45) is 0.227. The number of carbonyl (C=O) groups excluding carboxylic acids is 1. The van der Waals surface area contributed by atoms with Crippen molar-refractivity contribution in [2.24, 2.45) is 5.41 Å². The fourth-order valence-electron chi connectivity index (χ4n) is 2.60. The Morgan fingerprint density at radius 3 is 2.58 bits per heavy atom. The van der Waals surface area contributed by atoms with Crippen molar-refractivity contribution in [1.29, 1.82) is 0 Å². The lowest BCUT2D eigenvalue weighted by Gasteiger charge is -2.51. The monoisotopic (exact) mass is 350 g/mol. The van der Waals surface area contributed by atoms with E-state index in [-0.39, 0.29) is 17.6 Å². The Hall–Kier alpha value is -1.93. The van der Waals surface area contributed by atoms with Gasteiger partial charge in [0.1, 0.15) is 17.5 Å². The lowest BCUT2D eigenvalue weighted by atomic mass is 9.64. The summed E-state index contributed by atoms with van der Waals surface area (Å²) in [4.78, 5) is 15.2. The summed E-state index contributed by atoms with van der Waals surface area (Å²) in [7, 11) is 0. The first-order valence-electron chi connectivity index (χ1n) is 7.86. The molecule has 2 atom stereocenters. The van der Waals surface area contributed by atoms with Crippen LogP contribution in [0.4, 0.5) is 10.5 Å². The highest BCUT2D eigenvalue weighted by Gasteiger charge is 2.51. The molecule has 2 rings (SSSR count). The number of alkyl carbamates (subject to hydrolysis) is 1. The molecule has 1 aliphatic rings. The molecule has 0 unspecified atom stereocenters. The highest BCUT2D eigenvalue weighted by Crippen LogP contribution is 2.43. The molecule has 1 amide bonds. The summed E-state index contributed by atoms with van der Waals surface area (Å²) in [5.74, 6) is 0.626. The number of carbonyl (C=O) groups is 1. The van der Waals surface area contributed by atoms with Gasteiger partial charge in [-0.2, -0.15) is 0 Å². The minimum Gasteiger partial charge on any atom is -0.490 e. The van der Waals surface area contributed by atoms with Crippen molar-refractivity contribution in [2.45, 2.75) is 58.8 Å². The maximum Gasteiger partial charge on any atom is 0.407 e. The van der Waals surface area contributed by atoms with Gasteiger partial charge in [-0.05, 0) is 32.9 Å². The number of nitrogens with one attached hydrogen (secondary N) is 1. The summed E-state index contributed by atoms with van der Waals surface area (Å²) in [5, 5.41) is 3.28. The van der Waals surface area contributed by atoms with E-state index in [4.69, 9.17) is 27.6 Å². The van der Waals surface area contributed by atoms with Gasteiger partial charge >= 0.3 is 6.09 Å². The van der Waals surface area contributed by atoms with E-state index in [1.165, 1.54) is 0 Å². The Labute approximate surface area is 148 Å². The molecule has 1 aliphatic carbocycles. The third-order valence-corrected chi connectivity index (χ3v) is 4.49. The van der Waals surface area contributed by atoms with E-state index < -0.39 is 11.7 Å². The van der Waals surface area contributed by atoms with Gasteiger partial charge in [-0.25, -0.2) is 9.64 Å². The van der Waals surface area contributed by atoms with Crippen LogP contribution in [-0.2, 0) is 4.74 Å². The maximum atomic E-state index is 11.9. The van der Waals surface area contributed by atoms with E-state index in [9.17, 15) is 4.79 Å².